The highest BCUT2D eigenvalue weighted by atomic mass is 16.5. The number of anilines is 1. The third kappa shape index (κ3) is 5.80. The molecule has 2 N–H and O–H groups in total. The zero-order chi connectivity index (χ0) is 21.8. The Morgan fingerprint density at radius 2 is 1.94 bits per heavy atom. The summed E-state index contributed by atoms with van der Waals surface area (Å²) in [6, 6.07) is 7.58. The molecule has 0 radical (unpaired) electrons. The number of hydrogen-bond acceptors (Lipinski definition) is 7. The first-order valence-electron chi connectivity index (χ1n) is 11.1. The lowest BCUT2D eigenvalue weighted by molar-refractivity contribution is 0.0708. The molecule has 2 aromatic rings. The molecule has 0 atom stereocenters. The topological polar surface area (TPSA) is 91.1 Å². The third-order valence-corrected chi connectivity index (χ3v) is 5.80. The van der Waals surface area contributed by atoms with Gasteiger partial charge in [-0.05, 0) is 68.9 Å². The molecular weight excluding hydrogens is 392 g/mol. The van der Waals surface area contributed by atoms with Crippen LogP contribution in [0.2, 0.25) is 0 Å². The van der Waals surface area contributed by atoms with E-state index in [1.54, 1.807) is 6.07 Å². The molecule has 166 valence electrons. The van der Waals surface area contributed by atoms with Crippen LogP contribution < -0.4 is 4.90 Å². The first-order chi connectivity index (χ1) is 14.9. The van der Waals surface area contributed by atoms with Crippen molar-refractivity contribution in [3.05, 3.63) is 46.9 Å². The van der Waals surface area contributed by atoms with Gasteiger partial charge < -0.3 is 19.8 Å². The molecule has 0 unspecified atom stereocenters. The Morgan fingerprint density at radius 1 is 1.13 bits per heavy atom. The fourth-order valence-electron chi connectivity index (χ4n) is 4.09. The highest BCUT2D eigenvalue weighted by Crippen LogP contribution is 2.26. The lowest BCUT2D eigenvalue weighted by Crippen LogP contribution is -2.37. The van der Waals surface area contributed by atoms with Crippen molar-refractivity contribution in [1.82, 2.24) is 9.97 Å². The zero-order valence-corrected chi connectivity index (χ0v) is 18.5. The highest BCUT2D eigenvalue weighted by Gasteiger charge is 2.19. The van der Waals surface area contributed by atoms with Crippen molar-refractivity contribution in [1.29, 1.82) is 0 Å². The molecular formula is C24H32N4O3. The fourth-order valence-corrected chi connectivity index (χ4v) is 4.09. The van der Waals surface area contributed by atoms with Crippen LogP contribution in [-0.2, 0) is 24.1 Å². The molecule has 1 fully saturated rings. The number of rotatable bonds is 6. The number of aryl methyl sites for hydroxylation is 2. The zero-order valence-electron chi connectivity index (χ0n) is 18.5. The standard InChI is InChI=1S/C24H32N4O3/c1-24(2,30)9-8-22-26-18(15-23(27-22)28-10-12-31-13-11-28)16-25-21-5-3-4-17-14-19(29)6-7-20(17)21/h6-7,14-15,29-30H,3-5,8-13,16H2,1-2H3. The Kier molecular flexibility index (Phi) is 6.53. The SMILES string of the molecule is CC(C)(O)CCc1nc(CN=C2CCCc3cc(O)ccc32)cc(N2CCOCC2)n1. The number of benzene rings is 1. The number of aliphatic imine (C=N–C) groups is 1. The molecule has 7 heteroatoms. The van der Waals surface area contributed by atoms with E-state index in [0.717, 1.165) is 66.5 Å². The summed E-state index contributed by atoms with van der Waals surface area (Å²) in [5.41, 5.74) is 3.50. The molecule has 1 aliphatic heterocycles. The van der Waals surface area contributed by atoms with Gasteiger partial charge in [0.15, 0.2) is 0 Å². The van der Waals surface area contributed by atoms with Gasteiger partial charge in [0, 0.05) is 31.3 Å². The Balaban J connectivity index is 1.59. The van der Waals surface area contributed by atoms with E-state index in [1.807, 2.05) is 32.0 Å². The minimum Gasteiger partial charge on any atom is -0.508 e. The molecule has 1 aromatic carbocycles. The van der Waals surface area contributed by atoms with E-state index in [-0.39, 0.29) is 0 Å². The maximum Gasteiger partial charge on any atom is 0.132 e. The average Bonchev–Trinajstić information content (AvgIpc) is 2.76. The van der Waals surface area contributed by atoms with Crippen LogP contribution >= 0.6 is 0 Å². The predicted molar refractivity (Wildman–Crippen MR) is 121 cm³/mol. The van der Waals surface area contributed by atoms with Crippen LogP contribution in [0.25, 0.3) is 0 Å². The van der Waals surface area contributed by atoms with Crippen LogP contribution in [-0.4, -0.2) is 57.8 Å². The Hall–Kier alpha value is -2.51. The monoisotopic (exact) mass is 424 g/mol. The molecule has 1 aromatic heterocycles. The predicted octanol–water partition coefficient (Wildman–Crippen LogP) is 3.05. The quantitative estimate of drug-likeness (QED) is 0.741. The normalized spacial score (nSPS) is 18.3. The average molecular weight is 425 g/mol. The van der Waals surface area contributed by atoms with Crippen molar-refractivity contribution >= 4 is 11.5 Å². The fraction of sp³-hybridized carbons (Fsp3) is 0.542. The van der Waals surface area contributed by atoms with Crippen molar-refractivity contribution in [3.8, 4) is 5.75 Å². The molecule has 1 aliphatic carbocycles. The number of fused-ring (bicyclic) bond motifs is 1. The van der Waals surface area contributed by atoms with E-state index in [2.05, 4.69) is 4.90 Å². The van der Waals surface area contributed by atoms with Crippen LogP contribution in [0.5, 0.6) is 5.75 Å². The maximum absolute atomic E-state index is 10.1. The van der Waals surface area contributed by atoms with Gasteiger partial charge in [-0.15, -0.1) is 0 Å². The molecule has 7 nitrogen and oxygen atoms in total. The first kappa shape index (κ1) is 21.7. The van der Waals surface area contributed by atoms with Crippen LogP contribution in [0, 0.1) is 0 Å². The molecule has 1 saturated heterocycles. The molecule has 0 bridgehead atoms. The molecule has 4 rings (SSSR count). The van der Waals surface area contributed by atoms with E-state index >= 15 is 0 Å². The second-order valence-corrected chi connectivity index (χ2v) is 9.00. The van der Waals surface area contributed by atoms with E-state index in [1.165, 1.54) is 0 Å². The first-order valence-corrected chi connectivity index (χ1v) is 11.1. The van der Waals surface area contributed by atoms with Crippen molar-refractivity contribution < 1.29 is 14.9 Å². The van der Waals surface area contributed by atoms with Gasteiger partial charge in [-0.25, -0.2) is 9.97 Å². The summed E-state index contributed by atoms with van der Waals surface area (Å²) in [7, 11) is 0. The van der Waals surface area contributed by atoms with Crippen molar-refractivity contribution in [2.45, 2.75) is 58.1 Å². The summed E-state index contributed by atoms with van der Waals surface area (Å²) in [4.78, 5) is 16.7. The van der Waals surface area contributed by atoms with E-state index in [0.29, 0.717) is 38.3 Å². The van der Waals surface area contributed by atoms with Crippen molar-refractivity contribution in [2.24, 2.45) is 4.99 Å². The summed E-state index contributed by atoms with van der Waals surface area (Å²) in [5.74, 6) is 1.96. The number of ether oxygens (including phenoxy) is 1. The number of phenols is 1. The number of aromatic hydroxyl groups is 1. The van der Waals surface area contributed by atoms with E-state index < -0.39 is 5.60 Å². The summed E-state index contributed by atoms with van der Waals surface area (Å²) >= 11 is 0. The Bertz CT molecular complexity index is 946. The summed E-state index contributed by atoms with van der Waals surface area (Å²) in [6.07, 6.45) is 4.16. The second-order valence-electron chi connectivity index (χ2n) is 9.00. The molecule has 31 heavy (non-hydrogen) atoms. The number of aromatic nitrogens is 2. The smallest absolute Gasteiger partial charge is 0.132 e. The number of phenolic OH excluding ortho intramolecular Hbond substituents is 1. The Morgan fingerprint density at radius 3 is 2.71 bits per heavy atom. The number of aliphatic hydroxyl groups is 1. The molecule has 0 saturated carbocycles. The summed E-state index contributed by atoms with van der Waals surface area (Å²) in [5, 5.41) is 19.9. The van der Waals surface area contributed by atoms with Crippen molar-refractivity contribution in [3.63, 3.8) is 0 Å². The van der Waals surface area contributed by atoms with Gasteiger partial charge in [0.05, 0.1) is 31.1 Å². The lowest BCUT2D eigenvalue weighted by atomic mass is 9.90. The minimum atomic E-state index is -0.754. The van der Waals surface area contributed by atoms with Crippen LogP contribution in [0.3, 0.4) is 0 Å². The van der Waals surface area contributed by atoms with Gasteiger partial charge in [0.25, 0.3) is 0 Å². The lowest BCUT2D eigenvalue weighted by Gasteiger charge is -2.28. The van der Waals surface area contributed by atoms with E-state index in [4.69, 9.17) is 19.7 Å². The van der Waals surface area contributed by atoms with Gasteiger partial charge in [-0.2, -0.15) is 0 Å². The van der Waals surface area contributed by atoms with Gasteiger partial charge in [-0.1, -0.05) is 0 Å². The molecule has 2 heterocycles. The largest absolute Gasteiger partial charge is 0.508 e. The van der Waals surface area contributed by atoms with Gasteiger partial charge in [-0.3, -0.25) is 4.99 Å². The van der Waals surface area contributed by atoms with Crippen molar-refractivity contribution in [2.75, 3.05) is 31.2 Å². The number of morpholine rings is 1. The van der Waals surface area contributed by atoms with Crippen LogP contribution in [0.4, 0.5) is 5.82 Å². The van der Waals surface area contributed by atoms with Gasteiger partial charge in [0.2, 0.25) is 0 Å². The number of hydrogen-bond donors (Lipinski definition) is 2. The maximum atomic E-state index is 10.1. The van der Waals surface area contributed by atoms with Crippen LogP contribution in [0.1, 0.15) is 55.8 Å². The molecule has 0 amide bonds. The minimum absolute atomic E-state index is 0.308. The van der Waals surface area contributed by atoms with E-state index in [9.17, 15) is 10.2 Å². The van der Waals surface area contributed by atoms with Gasteiger partial charge in [0.1, 0.15) is 17.4 Å². The Labute approximate surface area is 183 Å². The summed E-state index contributed by atoms with van der Waals surface area (Å²) < 4.78 is 5.48. The van der Waals surface area contributed by atoms with Gasteiger partial charge >= 0.3 is 0 Å². The number of nitrogens with zero attached hydrogens (tertiary/aromatic N) is 4. The highest BCUT2D eigenvalue weighted by molar-refractivity contribution is 6.02. The molecule has 0 spiro atoms. The molecule has 2 aliphatic rings. The third-order valence-electron chi connectivity index (χ3n) is 5.80. The van der Waals surface area contributed by atoms with Crippen LogP contribution in [0.15, 0.2) is 29.3 Å². The second kappa shape index (κ2) is 9.32. The summed E-state index contributed by atoms with van der Waals surface area (Å²) in [6.45, 7) is 7.13.